The first-order valence-corrected chi connectivity index (χ1v) is 5.84. The van der Waals surface area contributed by atoms with Gasteiger partial charge in [0.2, 0.25) is 0 Å². The van der Waals surface area contributed by atoms with Crippen molar-refractivity contribution < 1.29 is 14.6 Å². The van der Waals surface area contributed by atoms with Gasteiger partial charge in [-0.2, -0.15) is 0 Å². The molecule has 0 saturated carbocycles. The Labute approximate surface area is 111 Å². The number of benzene rings is 1. The van der Waals surface area contributed by atoms with Gasteiger partial charge in [-0.25, -0.2) is 9.78 Å². The molecule has 19 heavy (non-hydrogen) atoms. The Morgan fingerprint density at radius 3 is 2.58 bits per heavy atom. The van der Waals surface area contributed by atoms with E-state index in [1.54, 1.807) is 32.2 Å². The first-order chi connectivity index (χ1) is 8.95. The molecule has 1 aromatic carbocycles. The Hall–Kier alpha value is -2.30. The highest BCUT2D eigenvalue weighted by Gasteiger charge is 2.17. The Morgan fingerprint density at radius 1 is 1.37 bits per heavy atom. The van der Waals surface area contributed by atoms with Gasteiger partial charge in [-0.15, -0.1) is 0 Å². The molecule has 1 aromatic heterocycles. The summed E-state index contributed by atoms with van der Waals surface area (Å²) in [5, 5.41) is 10.1. The second-order valence-corrected chi connectivity index (χ2v) is 4.54. The lowest BCUT2D eigenvalue weighted by molar-refractivity contribution is 0.0697. The average Bonchev–Trinajstić information content (AvgIpc) is 2.37. The van der Waals surface area contributed by atoms with Crippen LogP contribution in [0.2, 0.25) is 0 Å². The van der Waals surface area contributed by atoms with Gasteiger partial charge in [0.1, 0.15) is 22.6 Å². The predicted octanol–water partition coefficient (Wildman–Crippen LogP) is 2.32. The fourth-order valence-electron chi connectivity index (χ4n) is 2.02. The molecule has 0 aliphatic rings. The highest BCUT2D eigenvalue weighted by molar-refractivity contribution is 6.00. The molecular formula is C14H16N2O3. The second-order valence-electron chi connectivity index (χ2n) is 4.54. The number of hydrogen-bond donors (Lipinski definition) is 1. The minimum atomic E-state index is -0.986. The van der Waals surface area contributed by atoms with Gasteiger partial charge in [0, 0.05) is 19.5 Å². The van der Waals surface area contributed by atoms with Crippen molar-refractivity contribution in [2.75, 3.05) is 26.1 Å². The molecule has 0 bridgehead atoms. The summed E-state index contributed by atoms with van der Waals surface area (Å²) in [6.45, 7) is 1.92. The van der Waals surface area contributed by atoms with E-state index in [1.807, 2.05) is 19.1 Å². The number of pyridine rings is 1. The van der Waals surface area contributed by atoms with Crippen LogP contribution in [0.25, 0.3) is 10.9 Å². The molecule has 5 nitrogen and oxygen atoms in total. The standard InChI is InChI=1S/C14H16N2O3/c1-8-5-6-11(19-4)12-9(8)7-10(14(17)18)13(15-12)16(2)3/h5-7H,1-4H3,(H,17,18). The van der Waals surface area contributed by atoms with Crippen LogP contribution in [0.1, 0.15) is 15.9 Å². The monoisotopic (exact) mass is 260 g/mol. The van der Waals surface area contributed by atoms with Gasteiger partial charge < -0.3 is 14.7 Å². The van der Waals surface area contributed by atoms with Crippen LogP contribution < -0.4 is 9.64 Å². The molecule has 5 heteroatoms. The number of ether oxygens (including phenoxy) is 1. The molecule has 0 unspecified atom stereocenters. The highest BCUT2D eigenvalue weighted by atomic mass is 16.5. The summed E-state index contributed by atoms with van der Waals surface area (Å²) in [4.78, 5) is 17.5. The van der Waals surface area contributed by atoms with E-state index < -0.39 is 5.97 Å². The quantitative estimate of drug-likeness (QED) is 0.917. The fraction of sp³-hybridized carbons (Fsp3) is 0.286. The van der Waals surface area contributed by atoms with E-state index in [2.05, 4.69) is 4.98 Å². The zero-order valence-electron chi connectivity index (χ0n) is 11.4. The molecule has 0 spiro atoms. The van der Waals surface area contributed by atoms with Crippen LogP contribution in [0.15, 0.2) is 18.2 Å². The number of nitrogens with zero attached hydrogens (tertiary/aromatic N) is 2. The zero-order chi connectivity index (χ0) is 14.2. The van der Waals surface area contributed by atoms with E-state index in [-0.39, 0.29) is 5.56 Å². The Balaban J connectivity index is 2.88. The minimum absolute atomic E-state index is 0.189. The lowest BCUT2D eigenvalue weighted by atomic mass is 10.1. The third kappa shape index (κ3) is 2.19. The molecule has 100 valence electrons. The van der Waals surface area contributed by atoms with Crippen LogP contribution in [0.5, 0.6) is 5.75 Å². The first-order valence-electron chi connectivity index (χ1n) is 5.84. The number of carboxylic acids is 1. The third-order valence-electron chi connectivity index (χ3n) is 3.02. The first kappa shape index (κ1) is 13.1. The van der Waals surface area contributed by atoms with Crippen LogP contribution in [-0.2, 0) is 0 Å². The van der Waals surface area contributed by atoms with Gasteiger partial charge in [0.15, 0.2) is 0 Å². The van der Waals surface area contributed by atoms with E-state index in [9.17, 15) is 9.90 Å². The van der Waals surface area contributed by atoms with Crippen molar-refractivity contribution in [2.24, 2.45) is 0 Å². The fourth-order valence-corrected chi connectivity index (χ4v) is 2.02. The number of carbonyl (C=O) groups is 1. The molecule has 0 atom stereocenters. The van der Waals surface area contributed by atoms with Crippen molar-refractivity contribution >= 4 is 22.7 Å². The summed E-state index contributed by atoms with van der Waals surface area (Å²) in [6.07, 6.45) is 0. The van der Waals surface area contributed by atoms with Gasteiger partial charge in [-0.05, 0) is 24.6 Å². The molecule has 2 aromatic rings. The molecular weight excluding hydrogens is 244 g/mol. The van der Waals surface area contributed by atoms with Crippen molar-refractivity contribution in [3.8, 4) is 5.75 Å². The van der Waals surface area contributed by atoms with Crippen LogP contribution in [0, 0.1) is 6.92 Å². The number of aromatic carboxylic acids is 1. The molecule has 2 rings (SSSR count). The van der Waals surface area contributed by atoms with Crippen molar-refractivity contribution in [3.05, 3.63) is 29.3 Å². The molecule has 0 aliphatic carbocycles. The predicted molar refractivity (Wildman–Crippen MR) is 74.3 cm³/mol. The number of rotatable bonds is 3. The average molecular weight is 260 g/mol. The molecule has 1 heterocycles. The summed E-state index contributed by atoms with van der Waals surface area (Å²) < 4.78 is 5.29. The number of fused-ring (bicyclic) bond motifs is 1. The third-order valence-corrected chi connectivity index (χ3v) is 3.02. The number of methoxy groups -OCH3 is 1. The van der Waals surface area contributed by atoms with Crippen LogP contribution >= 0.6 is 0 Å². The molecule has 0 amide bonds. The molecule has 1 N–H and O–H groups in total. The Kier molecular flexibility index (Phi) is 3.29. The number of carboxylic acid groups (broad SMARTS) is 1. The summed E-state index contributed by atoms with van der Waals surface area (Å²) in [6, 6.07) is 5.38. The second kappa shape index (κ2) is 4.76. The normalized spacial score (nSPS) is 10.5. The molecule has 0 fully saturated rings. The van der Waals surface area contributed by atoms with Crippen molar-refractivity contribution in [3.63, 3.8) is 0 Å². The summed E-state index contributed by atoms with van der Waals surface area (Å²) >= 11 is 0. The van der Waals surface area contributed by atoms with Crippen molar-refractivity contribution in [2.45, 2.75) is 6.92 Å². The number of aryl methyl sites for hydroxylation is 1. The highest BCUT2D eigenvalue weighted by Crippen LogP contribution is 2.30. The minimum Gasteiger partial charge on any atom is -0.494 e. The maximum atomic E-state index is 11.3. The van der Waals surface area contributed by atoms with Gasteiger partial charge in [-0.1, -0.05) is 6.07 Å². The van der Waals surface area contributed by atoms with Crippen molar-refractivity contribution in [1.29, 1.82) is 0 Å². The molecule has 0 aliphatic heterocycles. The van der Waals surface area contributed by atoms with E-state index >= 15 is 0 Å². The van der Waals surface area contributed by atoms with Gasteiger partial charge >= 0.3 is 5.97 Å². The topological polar surface area (TPSA) is 62.7 Å². The molecule has 0 saturated heterocycles. The number of hydrogen-bond acceptors (Lipinski definition) is 4. The van der Waals surface area contributed by atoms with E-state index in [4.69, 9.17) is 4.74 Å². The van der Waals surface area contributed by atoms with Crippen LogP contribution in [-0.4, -0.2) is 37.3 Å². The smallest absolute Gasteiger partial charge is 0.339 e. The van der Waals surface area contributed by atoms with Crippen LogP contribution in [0.3, 0.4) is 0 Å². The zero-order valence-corrected chi connectivity index (χ0v) is 11.4. The Morgan fingerprint density at radius 2 is 2.05 bits per heavy atom. The van der Waals surface area contributed by atoms with Gasteiger partial charge in [-0.3, -0.25) is 0 Å². The van der Waals surface area contributed by atoms with E-state index in [0.717, 1.165) is 10.9 Å². The van der Waals surface area contributed by atoms with Crippen molar-refractivity contribution in [1.82, 2.24) is 4.98 Å². The summed E-state index contributed by atoms with van der Waals surface area (Å²) in [5.74, 6) is 0.0739. The van der Waals surface area contributed by atoms with Crippen LogP contribution in [0.4, 0.5) is 5.82 Å². The lowest BCUT2D eigenvalue weighted by Gasteiger charge is -2.16. The Bertz CT molecular complexity index is 651. The van der Waals surface area contributed by atoms with Gasteiger partial charge in [0.25, 0.3) is 0 Å². The van der Waals surface area contributed by atoms with E-state index in [1.165, 1.54) is 0 Å². The maximum Gasteiger partial charge on any atom is 0.339 e. The summed E-state index contributed by atoms with van der Waals surface area (Å²) in [7, 11) is 5.11. The van der Waals surface area contributed by atoms with Gasteiger partial charge in [0.05, 0.1) is 7.11 Å². The molecule has 0 radical (unpaired) electrons. The summed E-state index contributed by atoms with van der Waals surface area (Å²) in [5.41, 5.74) is 1.83. The SMILES string of the molecule is COc1ccc(C)c2cc(C(=O)O)c(N(C)C)nc12. The number of anilines is 1. The maximum absolute atomic E-state index is 11.3. The largest absolute Gasteiger partial charge is 0.494 e. The lowest BCUT2D eigenvalue weighted by Crippen LogP contribution is -2.16. The van der Waals surface area contributed by atoms with E-state index in [0.29, 0.717) is 17.1 Å². The number of aromatic nitrogens is 1.